The van der Waals surface area contributed by atoms with E-state index in [-0.39, 0.29) is 11.4 Å². The van der Waals surface area contributed by atoms with Crippen LogP contribution in [0.4, 0.5) is 0 Å². The molecule has 2 nitrogen and oxygen atoms in total. The minimum absolute atomic E-state index is 0.163. The molecule has 0 bridgehead atoms. The molecule has 0 heterocycles. The first kappa shape index (κ1) is 14.7. The van der Waals surface area contributed by atoms with Gasteiger partial charge >= 0.3 is 5.97 Å². The average Bonchev–Trinajstić information content (AvgIpc) is 2.81. The number of rotatable bonds is 5. The molecule has 2 atom stereocenters. The highest BCUT2D eigenvalue weighted by atomic mass is 32.2. The standard InChI is InChI=1S/C16H24O2S/c1-4-5-11-19-14-9-8-12(15(17)18-3)13-7-6-10-16(13,14)2/h7-8,14H,4-6,9-11H2,1-3H3/t14?,16-/m1/s1. The number of methoxy groups -OCH3 is 1. The molecule has 0 amide bonds. The number of hydrogen-bond acceptors (Lipinski definition) is 3. The van der Waals surface area contributed by atoms with E-state index in [4.69, 9.17) is 4.74 Å². The Bertz CT molecular complexity index is 411. The second-order valence-electron chi connectivity index (χ2n) is 5.63. The van der Waals surface area contributed by atoms with Crippen molar-refractivity contribution >= 4 is 17.7 Å². The average molecular weight is 280 g/mol. The molecule has 19 heavy (non-hydrogen) atoms. The lowest BCUT2D eigenvalue weighted by Crippen LogP contribution is -2.35. The predicted octanol–water partition coefficient (Wildman–Crippen LogP) is 4.12. The van der Waals surface area contributed by atoms with Crippen molar-refractivity contribution in [2.24, 2.45) is 5.41 Å². The van der Waals surface area contributed by atoms with Crippen LogP contribution in [-0.4, -0.2) is 24.1 Å². The quantitative estimate of drug-likeness (QED) is 0.560. The zero-order valence-electron chi connectivity index (χ0n) is 12.2. The molecular formula is C16H24O2S. The van der Waals surface area contributed by atoms with Crippen molar-refractivity contribution in [3.63, 3.8) is 0 Å². The highest BCUT2D eigenvalue weighted by Gasteiger charge is 2.45. The third-order valence-corrected chi connectivity index (χ3v) is 6.03. The Balaban J connectivity index is 2.17. The molecule has 0 N–H and O–H groups in total. The lowest BCUT2D eigenvalue weighted by Gasteiger charge is -2.40. The van der Waals surface area contributed by atoms with E-state index in [0.717, 1.165) is 18.4 Å². The molecule has 0 spiro atoms. The molecule has 106 valence electrons. The van der Waals surface area contributed by atoms with Gasteiger partial charge in [-0.1, -0.05) is 32.4 Å². The fourth-order valence-corrected chi connectivity index (χ4v) is 4.74. The fraction of sp³-hybridized carbons (Fsp3) is 0.688. The Kier molecular flexibility index (Phi) is 4.77. The number of hydrogen-bond donors (Lipinski definition) is 0. The van der Waals surface area contributed by atoms with Crippen molar-refractivity contribution in [2.45, 2.75) is 51.2 Å². The number of allylic oxidation sites excluding steroid dienone is 2. The van der Waals surface area contributed by atoms with E-state index in [1.54, 1.807) is 0 Å². The third-order valence-electron chi connectivity index (χ3n) is 4.39. The van der Waals surface area contributed by atoms with Crippen molar-refractivity contribution in [2.75, 3.05) is 12.9 Å². The van der Waals surface area contributed by atoms with E-state index < -0.39 is 0 Å². The summed E-state index contributed by atoms with van der Waals surface area (Å²) in [6.07, 6.45) is 10.1. The van der Waals surface area contributed by atoms with Gasteiger partial charge in [0.2, 0.25) is 0 Å². The van der Waals surface area contributed by atoms with Crippen molar-refractivity contribution in [3.8, 4) is 0 Å². The second kappa shape index (κ2) is 6.17. The largest absolute Gasteiger partial charge is 0.465 e. The molecule has 0 aromatic heterocycles. The van der Waals surface area contributed by atoms with Gasteiger partial charge in [0.25, 0.3) is 0 Å². The lowest BCUT2D eigenvalue weighted by atomic mass is 9.72. The molecule has 2 aliphatic carbocycles. The molecular weight excluding hydrogens is 256 g/mol. The molecule has 0 aliphatic heterocycles. The van der Waals surface area contributed by atoms with E-state index in [1.165, 1.54) is 37.7 Å². The summed E-state index contributed by atoms with van der Waals surface area (Å²) in [5, 5.41) is 0.612. The Morgan fingerprint density at radius 2 is 2.32 bits per heavy atom. The SMILES string of the molecule is CCCCSC1CC=C(C(=O)OC)C2=CCC[C@]21C. The Labute approximate surface area is 120 Å². The number of thioether (sulfide) groups is 1. The summed E-state index contributed by atoms with van der Waals surface area (Å²) in [6, 6.07) is 0. The van der Waals surface area contributed by atoms with Gasteiger partial charge in [0.15, 0.2) is 0 Å². The normalized spacial score (nSPS) is 29.5. The highest BCUT2D eigenvalue weighted by molar-refractivity contribution is 7.99. The first-order chi connectivity index (χ1) is 9.13. The first-order valence-electron chi connectivity index (χ1n) is 7.24. The summed E-state index contributed by atoms with van der Waals surface area (Å²) in [5.41, 5.74) is 2.21. The molecule has 0 aromatic rings. The van der Waals surface area contributed by atoms with Crippen LogP contribution in [-0.2, 0) is 9.53 Å². The molecule has 0 aromatic carbocycles. The Hall–Kier alpha value is -0.700. The smallest absolute Gasteiger partial charge is 0.337 e. The third kappa shape index (κ3) is 2.76. The van der Waals surface area contributed by atoms with Gasteiger partial charge in [-0.2, -0.15) is 11.8 Å². The maximum Gasteiger partial charge on any atom is 0.337 e. The van der Waals surface area contributed by atoms with Crippen molar-refractivity contribution < 1.29 is 9.53 Å². The van der Waals surface area contributed by atoms with Gasteiger partial charge < -0.3 is 4.74 Å². The van der Waals surface area contributed by atoms with Crippen LogP contribution in [0.25, 0.3) is 0 Å². The van der Waals surface area contributed by atoms with Crippen LogP contribution in [0.5, 0.6) is 0 Å². The highest BCUT2D eigenvalue weighted by Crippen LogP contribution is 2.53. The topological polar surface area (TPSA) is 26.3 Å². The van der Waals surface area contributed by atoms with Crippen LogP contribution in [0.1, 0.15) is 46.0 Å². The summed E-state index contributed by atoms with van der Waals surface area (Å²) in [4.78, 5) is 11.9. The molecule has 3 heteroatoms. The molecule has 0 saturated carbocycles. The van der Waals surface area contributed by atoms with Gasteiger partial charge in [0.1, 0.15) is 0 Å². The van der Waals surface area contributed by atoms with Gasteiger partial charge in [-0.05, 0) is 37.0 Å². The van der Waals surface area contributed by atoms with Crippen LogP contribution in [0.3, 0.4) is 0 Å². The zero-order valence-corrected chi connectivity index (χ0v) is 13.0. The minimum atomic E-state index is -0.170. The van der Waals surface area contributed by atoms with E-state index in [0.29, 0.717) is 5.25 Å². The fourth-order valence-electron chi connectivity index (χ4n) is 3.16. The number of ether oxygens (including phenoxy) is 1. The van der Waals surface area contributed by atoms with E-state index in [1.807, 2.05) is 0 Å². The maximum atomic E-state index is 11.9. The first-order valence-corrected chi connectivity index (χ1v) is 8.29. The zero-order chi connectivity index (χ0) is 13.9. The molecule has 0 saturated heterocycles. The Morgan fingerprint density at radius 1 is 1.53 bits per heavy atom. The van der Waals surface area contributed by atoms with Crippen molar-refractivity contribution in [1.82, 2.24) is 0 Å². The maximum absolute atomic E-state index is 11.9. The van der Waals surface area contributed by atoms with Crippen LogP contribution in [0, 0.1) is 5.41 Å². The molecule has 0 radical (unpaired) electrons. The van der Waals surface area contributed by atoms with Crippen molar-refractivity contribution in [3.05, 3.63) is 23.3 Å². The van der Waals surface area contributed by atoms with Crippen LogP contribution >= 0.6 is 11.8 Å². The summed E-state index contributed by atoms with van der Waals surface area (Å²) in [6.45, 7) is 4.56. The lowest BCUT2D eigenvalue weighted by molar-refractivity contribution is -0.136. The summed E-state index contributed by atoms with van der Waals surface area (Å²) in [7, 11) is 1.47. The van der Waals surface area contributed by atoms with Gasteiger partial charge in [-0.3, -0.25) is 0 Å². The number of carbonyl (C=O) groups is 1. The monoisotopic (exact) mass is 280 g/mol. The molecule has 2 aliphatic rings. The van der Waals surface area contributed by atoms with Gasteiger partial charge in [0, 0.05) is 10.7 Å². The van der Waals surface area contributed by atoms with E-state index in [9.17, 15) is 4.79 Å². The number of unbranched alkanes of at least 4 members (excludes halogenated alkanes) is 1. The predicted molar refractivity (Wildman–Crippen MR) is 81.3 cm³/mol. The van der Waals surface area contributed by atoms with E-state index >= 15 is 0 Å². The summed E-state index contributed by atoms with van der Waals surface area (Å²) in [5.74, 6) is 1.06. The second-order valence-corrected chi connectivity index (χ2v) is 6.94. The number of esters is 1. The van der Waals surface area contributed by atoms with E-state index in [2.05, 4.69) is 37.8 Å². The van der Waals surface area contributed by atoms with Gasteiger partial charge in [0.05, 0.1) is 12.7 Å². The minimum Gasteiger partial charge on any atom is -0.465 e. The van der Waals surface area contributed by atoms with Gasteiger partial charge in [-0.15, -0.1) is 0 Å². The van der Waals surface area contributed by atoms with Crippen LogP contribution in [0.15, 0.2) is 23.3 Å². The van der Waals surface area contributed by atoms with Crippen LogP contribution < -0.4 is 0 Å². The number of carbonyl (C=O) groups excluding carboxylic acids is 1. The Morgan fingerprint density at radius 3 is 3.00 bits per heavy atom. The molecule has 1 unspecified atom stereocenters. The van der Waals surface area contributed by atoms with Crippen molar-refractivity contribution in [1.29, 1.82) is 0 Å². The number of fused-ring (bicyclic) bond motifs is 1. The molecule has 2 rings (SSSR count). The molecule has 0 fully saturated rings. The summed E-state index contributed by atoms with van der Waals surface area (Å²) >= 11 is 2.08. The van der Waals surface area contributed by atoms with Crippen LogP contribution in [0.2, 0.25) is 0 Å². The summed E-state index contributed by atoms with van der Waals surface area (Å²) < 4.78 is 4.92. The van der Waals surface area contributed by atoms with Gasteiger partial charge in [-0.25, -0.2) is 4.79 Å².